The van der Waals surface area contributed by atoms with Gasteiger partial charge in [-0.05, 0) is 154 Å². The minimum Gasteiger partial charge on any atom is -0.261 e. The Morgan fingerprint density at radius 3 is 1.35 bits per heavy atom. The van der Waals surface area contributed by atoms with E-state index in [0.29, 0.717) is 35.5 Å². The molecule has 0 fully saturated rings. The molecule has 0 spiro atoms. The Hall–Kier alpha value is -3.99. The molecule has 0 saturated heterocycles. The molecule has 334 valence electrons. The van der Waals surface area contributed by atoms with Crippen LogP contribution in [-0.2, 0) is 0 Å². The molecule has 0 N–H and O–H groups in total. The van der Waals surface area contributed by atoms with Gasteiger partial charge in [0.25, 0.3) is 5.69 Å². The number of benzene rings is 4. The van der Waals surface area contributed by atoms with E-state index in [2.05, 4.69) is 161 Å². The molecule has 0 unspecified atom stereocenters. The number of rotatable bonds is 7. The van der Waals surface area contributed by atoms with E-state index in [9.17, 15) is 14.5 Å². The highest BCUT2D eigenvalue weighted by Crippen LogP contribution is 2.21. The maximum absolute atomic E-state index is 12.5. The molecule has 0 aliphatic carbocycles. The molecule has 0 amide bonds. The number of pyridine rings is 2. The molecule has 5 nitrogen and oxygen atoms in total. The zero-order valence-corrected chi connectivity index (χ0v) is 43.3. The van der Waals surface area contributed by atoms with Gasteiger partial charge in [0.15, 0.2) is 0 Å². The van der Waals surface area contributed by atoms with Gasteiger partial charge in [0, 0.05) is 49.0 Å². The first-order valence-corrected chi connectivity index (χ1v) is 23.4. The van der Waals surface area contributed by atoms with Crippen LogP contribution in [0.1, 0.15) is 158 Å². The van der Waals surface area contributed by atoms with E-state index in [0.717, 1.165) is 26.3 Å². The molecule has 62 heavy (non-hydrogen) atoms. The summed E-state index contributed by atoms with van der Waals surface area (Å²) in [5.74, 6) is 2.87. The van der Waals surface area contributed by atoms with Crippen molar-refractivity contribution in [3.63, 3.8) is 0 Å². The van der Waals surface area contributed by atoms with Crippen molar-refractivity contribution >= 4 is 55.8 Å². The summed E-state index contributed by atoms with van der Waals surface area (Å²) in [6, 6.07) is 38.2. The van der Waals surface area contributed by atoms with Crippen molar-refractivity contribution in [2.45, 2.75) is 126 Å². The molecule has 2 aromatic heterocycles. The molecule has 9 heteroatoms. The molecular weight excluding hydrogens is 972 g/mol. The Morgan fingerprint density at radius 2 is 1.00 bits per heavy atom. The fourth-order valence-electron chi connectivity index (χ4n) is 5.21. The van der Waals surface area contributed by atoms with Crippen molar-refractivity contribution in [3.8, 4) is 0 Å². The van der Waals surface area contributed by atoms with E-state index >= 15 is 0 Å². The topological polar surface area (TPSA) is 68.9 Å². The summed E-state index contributed by atoms with van der Waals surface area (Å²) in [5.41, 5.74) is 8.55. The second-order valence-corrected chi connectivity index (χ2v) is 19.2. The van der Waals surface area contributed by atoms with Crippen LogP contribution in [0.3, 0.4) is 0 Å². The van der Waals surface area contributed by atoms with Gasteiger partial charge in [-0.25, -0.2) is 4.39 Å². The predicted molar refractivity (Wildman–Crippen MR) is 276 cm³/mol. The SMILES string of the molecule is CC(C)c1cc(Br)ccn1.CC(C)c1cccc(Cl)c1.CC(C)c1cccc(F)c1.CC(C)c1cccc(I)c1.CC(C)c1cccc([N+](=O)[O-])c1.Cc1ccnc(C(C)C)c1. The Bertz CT molecular complexity index is 1910. The smallest absolute Gasteiger partial charge is 0.261 e. The summed E-state index contributed by atoms with van der Waals surface area (Å²) >= 11 is 11.5. The Balaban J connectivity index is 0.000000372. The lowest BCUT2D eigenvalue weighted by molar-refractivity contribution is -0.384. The number of nitro groups is 1. The third-order valence-corrected chi connectivity index (χ3v) is 10.6. The van der Waals surface area contributed by atoms with Gasteiger partial charge in [-0.1, -0.05) is 159 Å². The minimum atomic E-state index is -0.369. The zero-order valence-electron chi connectivity index (χ0n) is 38.8. The molecule has 0 aliphatic heterocycles. The molecule has 0 saturated carbocycles. The van der Waals surface area contributed by atoms with Crippen LogP contribution >= 0.6 is 50.1 Å². The second kappa shape index (κ2) is 30.2. The molecule has 6 rings (SSSR count). The van der Waals surface area contributed by atoms with Crippen LogP contribution < -0.4 is 0 Å². The fraction of sp³-hybridized carbons (Fsp3) is 0.358. The van der Waals surface area contributed by atoms with E-state index in [4.69, 9.17) is 11.6 Å². The fourth-order valence-corrected chi connectivity index (χ4v) is 6.33. The second-order valence-electron chi connectivity index (χ2n) is 16.6. The summed E-state index contributed by atoms with van der Waals surface area (Å²) in [5, 5.41) is 11.2. The highest BCUT2D eigenvalue weighted by Gasteiger charge is 2.07. The molecule has 0 radical (unpaired) electrons. The van der Waals surface area contributed by atoms with Crippen LogP contribution in [0.5, 0.6) is 0 Å². The van der Waals surface area contributed by atoms with Gasteiger partial charge >= 0.3 is 0 Å². The molecule has 4 aromatic carbocycles. The van der Waals surface area contributed by atoms with Crippen LogP contribution in [0.4, 0.5) is 10.1 Å². The number of halogens is 4. The summed E-state index contributed by atoms with van der Waals surface area (Å²) in [7, 11) is 0. The molecule has 6 aromatic rings. The monoisotopic (exact) mass is 1040 g/mol. The van der Waals surface area contributed by atoms with Crippen LogP contribution in [0.2, 0.25) is 5.02 Å². The van der Waals surface area contributed by atoms with Gasteiger partial charge < -0.3 is 0 Å². The van der Waals surface area contributed by atoms with E-state index in [1.807, 2.05) is 74.8 Å². The third-order valence-electron chi connectivity index (χ3n) is 9.16. The Morgan fingerprint density at radius 1 is 0.565 bits per heavy atom. The molecule has 0 atom stereocenters. The predicted octanol–water partition coefficient (Wildman–Crippen LogP) is 18.0. The molecule has 0 bridgehead atoms. The highest BCUT2D eigenvalue weighted by atomic mass is 127. The van der Waals surface area contributed by atoms with Crippen LogP contribution in [0.15, 0.2) is 138 Å². The first-order valence-electron chi connectivity index (χ1n) is 21.2. The highest BCUT2D eigenvalue weighted by molar-refractivity contribution is 14.1. The van der Waals surface area contributed by atoms with Crippen molar-refractivity contribution in [3.05, 3.63) is 202 Å². The van der Waals surface area contributed by atoms with Crippen LogP contribution in [0.25, 0.3) is 0 Å². The van der Waals surface area contributed by atoms with Gasteiger partial charge in [0.05, 0.1) is 4.92 Å². The average molecular weight is 1040 g/mol. The van der Waals surface area contributed by atoms with Crippen molar-refractivity contribution in [2.75, 3.05) is 0 Å². The van der Waals surface area contributed by atoms with Crippen molar-refractivity contribution in [2.24, 2.45) is 0 Å². The largest absolute Gasteiger partial charge is 0.269 e. The lowest BCUT2D eigenvalue weighted by Gasteiger charge is -2.03. The molecule has 0 aliphatic rings. The Labute approximate surface area is 399 Å². The molecule has 2 heterocycles. The summed E-state index contributed by atoms with van der Waals surface area (Å²) in [6.07, 6.45) is 3.68. The minimum absolute atomic E-state index is 0.147. The van der Waals surface area contributed by atoms with Crippen molar-refractivity contribution < 1.29 is 9.31 Å². The van der Waals surface area contributed by atoms with E-state index in [-0.39, 0.29) is 16.4 Å². The first-order chi connectivity index (χ1) is 29.1. The summed E-state index contributed by atoms with van der Waals surface area (Å²) in [6.45, 7) is 27.5. The third kappa shape index (κ3) is 24.0. The van der Waals surface area contributed by atoms with Gasteiger partial charge in [-0.2, -0.15) is 0 Å². The normalized spacial score (nSPS) is 10.4. The number of hydrogen-bond donors (Lipinski definition) is 0. The van der Waals surface area contributed by atoms with Crippen LogP contribution in [0, 0.1) is 26.4 Å². The van der Waals surface area contributed by atoms with E-state index < -0.39 is 0 Å². The number of aryl methyl sites for hydroxylation is 1. The van der Waals surface area contributed by atoms with Gasteiger partial charge in [0.2, 0.25) is 0 Å². The summed E-state index contributed by atoms with van der Waals surface area (Å²) < 4.78 is 15.0. The standard InChI is InChI=1S/C9H11Cl.C9H11F.C9H11I.C9H11NO2.C9H13N.C8H10BrN/c3*1-7(2)8-4-3-5-9(10)6-8;1-7(2)8-4-3-5-9(6-8)10(11)12;1-7(2)9-6-8(3)4-5-10-9;1-6(2)8-5-7(9)3-4-10-8/h3*3-7H,1-2H3;3-7H,1-2H3;4-7H,1-3H3;3-6H,1-2H3. The quantitative estimate of drug-likeness (QED) is 0.0908. The van der Waals surface area contributed by atoms with Crippen LogP contribution in [-0.4, -0.2) is 14.9 Å². The number of nitrogens with zero attached hydrogens (tertiary/aromatic N) is 3. The first kappa shape index (κ1) is 56.0. The van der Waals surface area contributed by atoms with Crippen molar-refractivity contribution in [1.29, 1.82) is 0 Å². The van der Waals surface area contributed by atoms with Gasteiger partial charge in [-0.3, -0.25) is 20.1 Å². The number of nitro benzene ring substituents is 1. The molecular formula is C53H67BrClFIN3O2. The Kier molecular flexibility index (Phi) is 27.3. The number of hydrogen-bond acceptors (Lipinski definition) is 4. The lowest BCUT2D eigenvalue weighted by atomic mass is 10.0. The average Bonchev–Trinajstić information content (AvgIpc) is 3.22. The van der Waals surface area contributed by atoms with E-state index in [1.165, 1.54) is 38.1 Å². The van der Waals surface area contributed by atoms with Gasteiger partial charge in [-0.15, -0.1) is 0 Å². The summed E-state index contributed by atoms with van der Waals surface area (Å²) in [4.78, 5) is 18.5. The maximum atomic E-state index is 12.5. The maximum Gasteiger partial charge on any atom is 0.269 e. The number of non-ortho nitro benzene ring substituents is 1. The lowest BCUT2D eigenvalue weighted by Crippen LogP contribution is -1.91. The van der Waals surface area contributed by atoms with Gasteiger partial charge in [0.1, 0.15) is 5.82 Å². The van der Waals surface area contributed by atoms with E-state index in [1.54, 1.807) is 24.3 Å². The van der Waals surface area contributed by atoms with Crippen molar-refractivity contribution in [1.82, 2.24) is 9.97 Å². The zero-order chi connectivity index (χ0) is 46.9. The number of aromatic nitrogens is 2.